The van der Waals surface area contributed by atoms with Crippen molar-refractivity contribution in [3.63, 3.8) is 0 Å². The zero-order valence-corrected chi connectivity index (χ0v) is 16.3. The van der Waals surface area contributed by atoms with Crippen LogP contribution in [0, 0.1) is 0 Å². The lowest BCUT2D eigenvalue weighted by molar-refractivity contribution is -0.135. The molecule has 6 heteroatoms. The lowest BCUT2D eigenvalue weighted by Crippen LogP contribution is -2.36. The van der Waals surface area contributed by atoms with E-state index in [2.05, 4.69) is 22.3 Å². The number of rotatable bonds is 5. The van der Waals surface area contributed by atoms with Crippen molar-refractivity contribution in [2.24, 2.45) is 0 Å². The number of carbonyl (C=O) groups is 2. The topological polar surface area (TPSA) is 75.3 Å². The van der Waals surface area contributed by atoms with Gasteiger partial charge in [-0.15, -0.1) is 0 Å². The summed E-state index contributed by atoms with van der Waals surface area (Å²) in [6, 6.07) is 19.4. The molecule has 6 nitrogen and oxygen atoms in total. The van der Waals surface area contributed by atoms with E-state index in [-0.39, 0.29) is 24.2 Å². The average Bonchev–Trinajstić information content (AvgIpc) is 3.27. The maximum atomic E-state index is 12.6. The van der Waals surface area contributed by atoms with Gasteiger partial charge in [-0.1, -0.05) is 54.6 Å². The molecule has 1 amide bonds. The van der Waals surface area contributed by atoms with Crippen LogP contribution < -0.4 is 0 Å². The SMILES string of the molecule is CN(C(=O)COC(=O)c1cc(-c2ccccc2)n[nH]1)[C@@H]1CCCc2ccccc21. The van der Waals surface area contributed by atoms with Crippen molar-refractivity contribution in [3.8, 4) is 11.3 Å². The number of benzene rings is 2. The first kappa shape index (κ1) is 18.9. The molecule has 0 saturated carbocycles. The molecule has 1 aliphatic rings. The number of aryl methyl sites for hydroxylation is 1. The van der Waals surface area contributed by atoms with Gasteiger partial charge in [0.1, 0.15) is 5.69 Å². The summed E-state index contributed by atoms with van der Waals surface area (Å²) in [5.41, 5.74) is 4.24. The molecule has 1 N–H and O–H groups in total. The molecule has 1 atom stereocenters. The minimum atomic E-state index is -0.592. The molecule has 1 aromatic heterocycles. The molecule has 0 bridgehead atoms. The fourth-order valence-corrected chi connectivity index (χ4v) is 3.79. The molecular weight excluding hydrogens is 366 g/mol. The summed E-state index contributed by atoms with van der Waals surface area (Å²) in [4.78, 5) is 26.7. The van der Waals surface area contributed by atoms with Crippen LogP contribution in [-0.2, 0) is 16.0 Å². The average molecular weight is 389 g/mol. The number of aromatic amines is 1. The molecule has 0 radical (unpaired) electrons. The standard InChI is InChI=1S/C23H23N3O3/c1-26(21-13-7-11-16-8-5-6-12-18(16)21)22(27)15-29-23(28)20-14-19(24-25-20)17-9-3-2-4-10-17/h2-6,8-10,12,14,21H,7,11,13,15H2,1H3,(H,24,25)/t21-/m1/s1. The molecule has 0 aliphatic heterocycles. The van der Waals surface area contributed by atoms with Crippen LogP contribution in [0.3, 0.4) is 0 Å². The summed E-state index contributed by atoms with van der Waals surface area (Å²) in [6.45, 7) is -0.298. The van der Waals surface area contributed by atoms with E-state index >= 15 is 0 Å². The molecule has 29 heavy (non-hydrogen) atoms. The fraction of sp³-hybridized carbons (Fsp3) is 0.261. The Labute approximate surface area is 169 Å². The van der Waals surface area contributed by atoms with Crippen LogP contribution in [0.2, 0.25) is 0 Å². The van der Waals surface area contributed by atoms with E-state index in [1.165, 1.54) is 11.1 Å². The maximum absolute atomic E-state index is 12.6. The smallest absolute Gasteiger partial charge is 0.356 e. The van der Waals surface area contributed by atoms with E-state index < -0.39 is 5.97 Å². The monoisotopic (exact) mass is 389 g/mol. The largest absolute Gasteiger partial charge is 0.451 e. The van der Waals surface area contributed by atoms with Crippen LogP contribution in [0.5, 0.6) is 0 Å². The van der Waals surface area contributed by atoms with Gasteiger partial charge in [-0.3, -0.25) is 9.89 Å². The normalized spacial score (nSPS) is 15.4. The van der Waals surface area contributed by atoms with Crippen molar-refractivity contribution >= 4 is 11.9 Å². The first-order chi connectivity index (χ1) is 14.1. The molecule has 0 spiro atoms. The van der Waals surface area contributed by atoms with E-state index in [0.29, 0.717) is 5.69 Å². The van der Waals surface area contributed by atoms with Gasteiger partial charge in [0.05, 0.1) is 11.7 Å². The van der Waals surface area contributed by atoms with Crippen LogP contribution in [0.15, 0.2) is 60.7 Å². The Morgan fingerprint density at radius 1 is 1.14 bits per heavy atom. The van der Waals surface area contributed by atoms with Gasteiger partial charge in [0, 0.05) is 12.6 Å². The number of amides is 1. The highest BCUT2D eigenvalue weighted by Gasteiger charge is 2.27. The number of ether oxygens (including phenoxy) is 1. The summed E-state index contributed by atoms with van der Waals surface area (Å²) in [6.07, 6.45) is 2.98. The third-order valence-corrected chi connectivity index (χ3v) is 5.39. The highest BCUT2D eigenvalue weighted by atomic mass is 16.5. The predicted molar refractivity (Wildman–Crippen MR) is 109 cm³/mol. The molecule has 2 aromatic carbocycles. The lowest BCUT2D eigenvalue weighted by Gasteiger charge is -2.33. The van der Waals surface area contributed by atoms with Crippen LogP contribution in [0.1, 0.15) is 40.5 Å². The zero-order chi connectivity index (χ0) is 20.2. The number of nitrogens with one attached hydrogen (secondary N) is 1. The first-order valence-electron chi connectivity index (χ1n) is 9.75. The van der Waals surface area contributed by atoms with Crippen molar-refractivity contribution in [1.29, 1.82) is 0 Å². The van der Waals surface area contributed by atoms with Gasteiger partial charge >= 0.3 is 5.97 Å². The Kier molecular flexibility index (Phi) is 5.42. The lowest BCUT2D eigenvalue weighted by atomic mass is 9.87. The van der Waals surface area contributed by atoms with Crippen LogP contribution in [0.25, 0.3) is 11.3 Å². The number of aromatic nitrogens is 2. The molecule has 0 unspecified atom stereocenters. The Morgan fingerprint density at radius 3 is 2.72 bits per heavy atom. The van der Waals surface area contributed by atoms with Gasteiger partial charge in [-0.05, 0) is 36.5 Å². The van der Waals surface area contributed by atoms with Crippen molar-refractivity contribution in [3.05, 3.63) is 77.5 Å². The number of carbonyl (C=O) groups excluding carboxylic acids is 2. The number of esters is 1. The van der Waals surface area contributed by atoms with E-state index in [9.17, 15) is 9.59 Å². The van der Waals surface area contributed by atoms with E-state index in [4.69, 9.17) is 4.74 Å². The van der Waals surface area contributed by atoms with E-state index in [0.717, 1.165) is 24.8 Å². The second-order valence-electron chi connectivity index (χ2n) is 7.22. The van der Waals surface area contributed by atoms with Crippen LogP contribution in [0.4, 0.5) is 0 Å². The minimum Gasteiger partial charge on any atom is -0.451 e. The second-order valence-corrected chi connectivity index (χ2v) is 7.22. The zero-order valence-electron chi connectivity index (χ0n) is 16.3. The number of fused-ring (bicyclic) bond motifs is 1. The van der Waals surface area contributed by atoms with Gasteiger partial charge in [-0.25, -0.2) is 4.79 Å². The maximum Gasteiger partial charge on any atom is 0.356 e. The summed E-state index contributed by atoms with van der Waals surface area (Å²) < 4.78 is 5.24. The molecule has 148 valence electrons. The molecule has 1 aliphatic carbocycles. The van der Waals surface area contributed by atoms with Crippen molar-refractivity contribution in [2.75, 3.05) is 13.7 Å². The van der Waals surface area contributed by atoms with Crippen LogP contribution in [-0.4, -0.2) is 40.6 Å². The van der Waals surface area contributed by atoms with Crippen LogP contribution >= 0.6 is 0 Å². The van der Waals surface area contributed by atoms with Gasteiger partial charge in [0.2, 0.25) is 0 Å². The predicted octanol–water partition coefficient (Wildman–Crippen LogP) is 3.77. The van der Waals surface area contributed by atoms with Gasteiger partial charge in [-0.2, -0.15) is 5.10 Å². The number of likely N-dealkylation sites (N-methyl/N-ethyl adjacent to an activating group) is 1. The molecule has 4 rings (SSSR count). The molecule has 0 fully saturated rings. The highest BCUT2D eigenvalue weighted by Crippen LogP contribution is 2.33. The number of hydrogen-bond donors (Lipinski definition) is 1. The quantitative estimate of drug-likeness (QED) is 0.674. The van der Waals surface area contributed by atoms with Gasteiger partial charge in [0.15, 0.2) is 6.61 Å². The number of hydrogen-bond acceptors (Lipinski definition) is 4. The highest BCUT2D eigenvalue weighted by molar-refractivity contribution is 5.90. The molecule has 3 aromatic rings. The first-order valence-corrected chi connectivity index (χ1v) is 9.75. The number of nitrogens with zero attached hydrogens (tertiary/aromatic N) is 2. The van der Waals surface area contributed by atoms with Gasteiger partial charge in [0.25, 0.3) is 5.91 Å². The summed E-state index contributed by atoms with van der Waals surface area (Å²) in [5.74, 6) is -0.812. The molecular formula is C23H23N3O3. The Bertz CT molecular complexity index is 1010. The van der Waals surface area contributed by atoms with Gasteiger partial charge < -0.3 is 9.64 Å². The van der Waals surface area contributed by atoms with Crippen molar-refractivity contribution in [2.45, 2.75) is 25.3 Å². The summed E-state index contributed by atoms with van der Waals surface area (Å²) in [5, 5.41) is 6.83. The van der Waals surface area contributed by atoms with E-state index in [1.807, 2.05) is 42.5 Å². The molecule has 1 heterocycles. The minimum absolute atomic E-state index is 0.0167. The summed E-state index contributed by atoms with van der Waals surface area (Å²) >= 11 is 0. The Morgan fingerprint density at radius 2 is 1.90 bits per heavy atom. The fourth-order valence-electron chi connectivity index (χ4n) is 3.79. The van der Waals surface area contributed by atoms with Crippen molar-refractivity contribution in [1.82, 2.24) is 15.1 Å². The summed E-state index contributed by atoms with van der Waals surface area (Å²) in [7, 11) is 1.77. The third kappa shape index (κ3) is 4.06. The Balaban J connectivity index is 1.37. The van der Waals surface area contributed by atoms with E-state index in [1.54, 1.807) is 18.0 Å². The van der Waals surface area contributed by atoms with Crippen molar-refractivity contribution < 1.29 is 14.3 Å². The third-order valence-electron chi connectivity index (χ3n) is 5.39. The second kappa shape index (κ2) is 8.31. The number of H-pyrrole nitrogens is 1. The molecule has 0 saturated heterocycles. The Hall–Kier alpha value is -3.41.